The maximum absolute atomic E-state index is 12.0. The van der Waals surface area contributed by atoms with Crippen molar-refractivity contribution >= 4 is 5.91 Å². The van der Waals surface area contributed by atoms with Crippen molar-refractivity contribution in [2.75, 3.05) is 0 Å². The summed E-state index contributed by atoms with van der Waals surface area (Å²) in [6.45, 7) is 0.516. The molecule has 0 atom stereocenters. The molecule has 0 unspecified atom stereocenters. The SMILES string of the molecule is Cn1cc(CCC(=O)NCc2ccc(-c3ccc(O)cc3)cc2)cn1. The van der Waals surface area contributed by atoms with E-state index in [4.69, 9.17) is 0 Å². The number of aromatic hydroxyl groups is 1. The number of benzene rings is 2. The molecular formula is C20H21N3O2. The largest absolute Gasteiger partial charge is 0.508 e. The van der Waals surface area contributed by atoms with Crippen LogP contribution in [0.15, 0.2) is 60.9 Å². The van der Waals surface area contributed by atoms with Crippen LogP contribution in [-0.2, 0) is 24.8 Å². The number of amides is 1. The average Bonchev–Trinajstić information content (AvgIpc) is 3.05. The zero-order valence-corrected chi connectivity index (χ0v) is 14.1. The van der Waals surface area contributed by atoms with Gasteiger partial charge in [-0.3, -0.25) is 9.48 Å². The molecule has 1 aromatic heterocycles. The maximum Gasteiger partial charge on any atom is 0.220 e. The van der Waals surface area contributed by atoms with Crippen LogP contribution in [0.4, 0.5) is 0 Å². The standard InChI is InChI=1S/C20H21N3O2/c1-23-14-16(13-22-23)4-11-20(25)21-12-15-2-5-17(6-3-15)18-7-9-19(24)10-8-18/h2-3,5-10,13-14,24H,4,11-12H2,1H3,(H,21,25). The fourth-order valence-corrected chi connectivity index (χ4v) is 2.62. The van der Waals surface area contributed by atoms with Gasteiger partial charge >= 0.3 is 0 Å². The lowest BCUT2D eigenvalue weighted by Crippen LogP contribution is -2.22. The number of carbonyl (C=O) groups excluding carboxylic acids is 1. The first kappa shape index (κ1) is 16.8. The van der Waals surface area contributed by atoms with Gasteiger partial charge in [0.05, 0.1) is 6.20 Å². The third-order valence-corrected chi connectivity index (χ3v) is 4.04. The fourth-order valence-electron chi connectivity index (χ4n) is 2.62. The molecule has 0 aliphatic rings. The van der Waals surface area contributed by atoms with Crippen LogP contribution in [0.2, 0.25) is 0 Å². The number of phenolic OH excluding ortho intramolecular Hbond substituents is 1. The summed E-state index contributed by atoms with van der Waals surface area (Å²) in [5.74, 6) is 0.292. The number of nitrogens with one attached hydrogen (secondary N) is 1. The number of hydrogen-bond donors (Lipinski definition) is 2. The van der Waals surface area contributed by atoms with Gasteiger partial charge in [0, 0.05) is 26.2 Å². The van der Waals surface area contributed by atoms with E-state index in [0.717, 1.165) is 22.3 Å². The minimum Gasteiger partial charge on any atom is -0.508 e. The molecule has 0 aliphatic heterocycles. The minimum absolute atomic E-state index is 0.0338. The molecule has 2 N–H and O–H groups in total. The first-order chi connectivity index (χ1) is 12.1. The zero-order valence-electron chi connectivity index (χ0n) is 14.1. The van der Waals surface area contributed by atoms with E-state index >= 15 is 0 Å². The van der Waals surface area contributed by atoms with Crippen molar-refractivity contribution in [1.29, 1.82) is 0 Å². The van der Waals surface area contributed by atoms with Crippen molar-refractivity contribution in [3.8, 4) is 16.9 Å². The molecule has 1 amide bonds. The molecule has 2 aromatic carbocycles. The number of hydrogen-bond acceptors (Lipinski definition) is 3. The van der Waals surface area contributed by atoms with Crippen LogP contribution in [0.1, 0.15) is 17.5 Å². The van der Waals surface area contributed by atoms with Crippen molar-refractivity contribution in [3.63, 3.8) is 0 Å². The Morgan fingerprint density at radius 3 is 2.28 bits per heavy atom. The van der Waals surface area contributed by atoms with Gasteiger partial charge in [-0.05, 0) is 40.8 Å². The fraction of sp³-hybridized carbons (Fsp3) is 0.200. The number of rotatable bonds is 6. The van der Waals surface area contributed by atoms with Crippen molar-refractivity contribution in [3.05, 3.63) is 72.1 Å². The van der Waals surface area contributed by atoms with E-state index in [-0.39, 0.29) is 11.7 Å². The second kappa shape index (κ2) is 7.66. The predicted molar refractivity (Wildman–Crippen MR) is 96.9 cm³/mol. The molecule has 128 valence electrons. The summed E-state index contributed by atoms with van der Waals surface area (Å²) in [6, 6.07) is 15.1. The van der Waals surface area contributed by atoms with Gasteiger partial charge in [-0.25, -0.2) is 0 Å². The van der Waals surface area contributed by atoms with E-state index in [1.54, 1.807) is 23.0 Å². The molecule has 5 nitrogen and oxygen atoms in total. The van der Waals surface area contributed by atoms with Gasteiger partial charge in [0.1, 0.15) is 5.75 Å². The number of nitrogens with zero attached hydrogens (tertiary/aromatic N) is 2. The smallest absolute Gasteiger partial charge is 0.220 e. The van der Waals surface area contributed by atoms with E-state index in [9.17, 15) is 9.90 Å². The van der Waals surface area contributed by atoms with Gasteiger partial charge in [0.25, 0.3) is 0 Å². The van der Waals surface area contributed by atoms with Crippen LogP contribution in [0, 0.1) is 0 Å². The Balaban J connectivity index is 1.49. The Hall–Kier alpha value is -3.08. The maximum atomic E-state index is 12.0. The lowest BCUT2D eigenvalue weighted by atomic mass is 10.0. The molecule has 0 saturated carbocycles. The van der Waals surface area contributed by atoms with Gasteiger partial charge in [-0.2, -0.15) is 5.10 Å². The highest BCUT2D eigenvalue weighted by atomic mass is 16.3. The average molecular weight is 335 g/mol. The van der Waals surface area contributed by atoms with Crippen LogP contribution < -0.4 is 5.32 Å². The molecule has 25 heavy (non-hydrogen) atoms. The zero-order chi connectivity index (χ0) is 17.6. The first-order valence-corrected chi connectivity index (χ1v) is 8.23. The molecule has 0 saturated heterocycles. The predicted octanol–water partition coefficient (Wildman–Crippen LogP) is 3.04. The van der Waals surface area contributed by atoms with E-state index in [1.807, 2.05) is 49.6 Å². The number of carbonyl (C=O) groups is 1. The van der Waals surface area contributed by atoms with Gasteiger partial charge < -0.3 is 10.4 Å². The van der Waals surface area contributed by atoms with E-state index < -0.39 is 0 Å². The second-order valence-corrected chi connectivity index (χ2v) is 6.04. The van der Waals surface area contributed by atoms with Gasteiger partial charge in [0.2, 0.25) is 5.91 Å². The quantitative estimate of drug-likeness (QED) is 0.727. The van der Waals surface area contributed by atoms with E-state index in [0.29, 0.717) is 19.4 Å². The Morgan fingerprint density at radius 2 is 1.68 bits per heavy atom. The second-order valence-electron chi connectivity index (χ2n) is 6.04. The Kier molecular flexibility index (Phi) is 5.14. The molecule has 0 spiro atoms. The lowest BCUT2D eigenvalue weighted by molar-refractivity contribution is -0.121. The van der Waals surface area contributed by atoms with Crippen molar-refractivity contribution in [1.82, 2.24) is 15.1 Å². The molecule has 0 aliphatic carbocycles. The van der Waals surface area contributed by atoms with Gasteiger partial charge in [-0.15, -0.1) is 0 Å². The van der Waals surface area contributed by atoms with Gasteiger partial charge in [0.15, 0.2) is 0 Å². The van der Waals surface area contributed by atoms with Crippen LogP contribution in [-0.4, -0.2) is 20.8 Å². The molecule has 0 fully saturated rings. The van der Waals surface area contributed by atoms with Crippen molar-refractivity contribution < 1.29 is 9.90 Å². The monoisotopic (exact) mass is 335 g/mol. The topological polar surface area (TPSA) is 67.2 Å². The Bertz CT molecular complexity index is 836. The Labute approximate surface area is 146 Å². The third kappa shape index (κ3) is 4.70. The van der Waals surface area contributed by atoms with Crippen LogP contribution >= 0.6 is 0 Å². The summed E-state index contributed by atoms with van der Waals surface area (Å²) in [7, 11) is 1.87. The molecular weight excluding hydrogens is 314 g/mol. The molecule has 1 heterocycles. The first-order valence-electron chi connectivity index (χ1n) is 8.23. The van der Waals surface area contributed by atoms with Crippen LogP contribution in [0.5, 0.6) is 5.75 Å². The minimum atomic E-state index is 0.0338. The summed E-state index contributed by atoms with van der Waals surface area (Å²) < 4.78 is 1.74. The summed E-state index contributed by atoms with van der Waals surface area (Å²) in [4.78, 5) is 12.0. The van der Waals surface area contributed by atoms with E-state index in [2.05, 4.69) is 10.4 Å². The van der Waals surface area contributed by atoms with Crippen molar-refractivity contribution in [2.24, 2.45) is 7.05 Å². The highest BCUT2D eigenvalue weighted by Crippen LogP contribution is 2.22. The summed E-state index contributed by atoms with van der Waals surface area (Å²) in [5.41, 5.74) is 4.24. The highest BCUT2D eigenvalue weighted by molar-refractivity contribution is 5.76. The Morgan fingerprint density at radius 1 is 1.04 bits per heavy atom. The molecule has 3 rings (SSSR count). The molecule has 0 bridgehead atoms. The van der Waals surface area contributed by atoms with Gasteiger partial charge in [-0.1, -0.05) is 36.4 Å². The number of aryl methyl sites for hydroxylation is 2. The van der Waals surface area contributed by atoms with Crippen LogP contribution in [0.3, 0.4) is 0 Å². The molecule has 5 heteroatoms. The normalized spacial score (nSPS) is 10.6. The summed E-state index contributed by atoms with van der Waals surface area (Å²) in [5, 5.41) is 16.4. The van der Waals surface area contributed by atoms with Crippen LogP contribution in [0.25, 0.3) is 11.1 Å². The van der Waals surface area contributed by atoms with Crippen molar-refractivity contribution in [2.45, 2.75) is 19.4 Å². The molecule has 0 radical (unpaired) electrons. The summed E-state index contributed by atoms with van der Waals surface area (Å²) in [6.07, 6.45) is 4.86. The summed E-state index contributed by atoms with van der Waals surface area (Å²) >= 11 is 0. The molecule has 3 aromatic rings. The van der Waals surface area contributed by atoms with E-state index in [1.165, 1.54) is 0 Å². The number of aromatic nitrogens is 2. The number of phenols is 1. The third-order valence-electron chi connectivity index (χ3n) is 4.04. The lowest BCUT2D eigenvalue weighted by Gasteiger charge is -2.07. The highest BCUT2D eigenvalue weighted by Gasteiger charge is 2.04.